The lowest BCUT2D eigenvalue weighted by Gasteiger charge is -2.33. The zero-order chi connectivity index (χ0) is 12.3. The number of nitrogens with zero attached hydrogens (tertiary/aromatic N) is 2. The van der Waals surface area contributed by atoms with Crippen LogP contribution in [0.2, 0.25) is 0 Å². The number of hydrogen-bond donors (Lipinski definition) is 1. The van der Waals surface area contributed by atoms with Crippen LogP contribution in [0.3, 0.4) is 0 Å². The fraction of sp³-hybridized carbons (Fsp3) is 0.455. The molecule has 0 fully saturated rings. The van der Waals surface area contributed by atoms with Crippen molar-refractivity contribution in [2.75, 3.05) is 11.4 Å². The zero-order valence-corrected chi connectivity index (χ0v) is 10.3. The molecule has 4 nitrogen and oxygen atoms in total. The van der Waals surface area contributed by atoms with E-state index in [-0.39, 0.29) is 11.2 Å². The average molecular weight is 238 g/mol. The first kappa shape index (κ1) is 12.5. The first-order chi connectivity index (χ1) is 7.36. The fourth-order valence-electron chi connectivity index (χ4n) is 1.17. The Bertz CT molecular complexity index is 426. The van der Waals surface area contributed by atoms with Gasteiger partial charge in [0.25, 0.3) is 0 Å². The number of rotatable bonds is 3. The van der Waals surface area contributed by atoms with Gasteiger partial charge in [0.2, 0.25) is 0 Å². The molecule has 1 aromatic heterocycles. The zero-order valence-electron chi connectivity index (χ0n) is 9.52. The summed E-state index contributed by atoms with van der Waals surface area (Å²) >= 11 is 1.29. The molecule has 0 bridgehead atoms. The van der Waals surface area contributed by atoms with Crippen LogP contribution in [-0.2, 0) is 0 Å². The van der Waals surface area contributed by atoms with Crippen LogP contribution < -0.4 is 4.90 Å². The molecular weight excluding hydrogens is 224 g/mol. The first-order valence-electron chi connectivity index (χ1n) is 4.76. The van der Waals surface area contributed by atoms with E-state index in [0.29, 0.717) is 11.7 Å². The highest BCUT2D eigenvalue weighted by molar-refractivity contribution is 7.13. The van der Waals surface area contributed by atoms with E-state index in [1.807, 2.05) is 25.7 Å². The highest BCUT2D eigenvalue weighted by Gasteiger charge is 2.24. The molecule has 16 heavy (non-hydrogen) atoms. The fourth-order valence-corrected chi connectivity index (χ4v) is 2.16. The lowest BCUT2D eigenvalue weighted by Crippen LogP contribution is -2.41. The molecule has 0 unspecified atom stereocenters. The predicted molar refractivity (Wildman–Crippen MR) is 65.0 cm³/mol. The molecule has 0 radical (unpaired) electrons. The second-order valence-electron chi connectivity index (χ2n) is 4.28. The van der Waals surface area contributed by atoms with Gasteiger partial charge in [-0.2, -0.15) is 0 Å². The van der Waals surface area contributed by atoms with E-state index in [1.165, 1.54) is 16.7 Å². The van der Waals surface area contributed by atoms with Gasteiger partial charge in [-0.15, -0.1) is 17.8 Å². The van der Waals surface area contributed by atoms with Gasteiger partial charge < -0.3 is 10.0 Å². The van der Waals surface area contributed by atoms with Crippen LogP contribution in [0.15, 0.2) is 5.38 Å². The molecule has 5 heteroatoms. The van der Waals surface area contributed by atoms with E-state index >= 15 is 0 Å². The SMILES string of the molecule is C#CCN(c1nc(C(=O)O)cs1)C(C)(C)C. The van der Waals surface area contributed by atoms with E-state index in [1.54, 1.807) is 0 Å². The summed E-state index contributed by atoms with van der Waals surface area (Å²) in [5.74, 6) is 1.54. The number of hydrogen-bond acceptors (Lipinski definition) is 4. The molecule has 0 aliphatic rings. The largest absolute Gasteiger partial charge is 0.476 e. The maximum Gasteiger partial charge on any atom is 0.355 e. The monoisotopic (exact) mass is 238 g/mol. The molecule has 1 heterocycles. The number of carbonyl (C=O) groups is 1. The third-order valence-corrected chi connectivity index (χ3v) is 2.86. The summed E-state index contributed by atoms with van der Waals surface area (Å²) in [5, 5.41) is 11.0. The lowest BCUT2D eigenvalue weighted by molar-refractivity contribution is 0.0691. The number of carboxylic acid groups (broad SMARTS) is 1. The van der Waals surface area contributed by atoms with Gasteiger partial charge in [0.1, 0.15) is 0 Å². The Morgan fingerprint density at radius 2 is 2.31 bits per heavy atom. The Labute approximate surface area is 98.9 Å². The Morgan fingerprint density at radius 3 is 2.69 bits per heavy atom. The summed E-state index contributed by atoms with van der Waals surface area (Å²) in [6.45, 7) is 6.43. The topological polar surface area (TPSA) is 53.4 Å². The van der Waals surface area contributed by atoms with Crippen LogP contribution in [0, 0.1) is 12.3 Å². The van der Waals surface area contributed by atoms with E-state index in [0.717, 1.165) is 0 Å². The van der Waals surface area contributed by atoms with E-state index in [9.17, 15) is 4.79 Å². The van der Waals surface area contributed by atoms with Crippen molar-refractivity contribution in [1.29, 1.82) is 0 Å². The Kier molecular flexibility index (Phi) is 3.55. The molecule has 0 saturated heterocycles. The van der Waals surface area contributed by atoms with Crippen LogP contribution in [0.5, 0.6) is 0 Å². The average Bonchev–Trinajstić information content (AvgIpc) is 2.60. The molecule has 0 saturated carbocycles. The van der Waals surface area contributed by atoms with Gasteiger partial charge in [-0.3, -0.25) is 0 Å². The Morgan fingerprint density at radius 1 is 1.69 bits per heavy atom. The number of aromatic nitrogens is 1. The van der Waals surface area contributed by atoms with Crippen molar-refractivity contribution in [3.05, 3.63) is 11.1 Å². The maximum atomic E-state index is 10.7. The van der Waals surface area contributed by atoms with Crippen molar-refractivity contribution in [3.8, 4) is 12.3 Å². The first-order valence-corrected chi connectivity index (χ1v) is 5.64. The minimum Gasteiger partial charge on any atom is -0.476 e. The predicted octanol–water partition coefficient (Wildman–Crippen LogP) is 2.08. The van der Waals surface area contributed by atoms with Crippen molar-refractivity contribution < 1.29 is 9.90 Å². The molecule has 1 rings (SSSR count). The van der Waals surface area contributed by atoms with E-state index < -0.39 is 5.97 Å². The van der Waals surface area contributed by atoms with Gasteiger partial charge in [-0.05, 0) is 20.8 Å². The van der Waals surface area contributed by atoms with Gasteiger partial charge in [-0.1, -0.05) is 5.92 Å². The molecule has 1 N–H and O–H groups in total. The summed E-state index contributed by atoms with van der Waals surface area (Å²) in [5.41, 5.74) is -0.119. The Balaban J connectivity index is 3.03. The van der Waals surface area contributed by atoms with Gasteiger partial charge in [0, 0.05) is 10.9 Å². The molecule has 0 spiro atoms. The second kappa shape index (κ2) is 4.54. The number of anilines is 1. The van der Waals surface area contributed by atoms with Crippen molar-refractivity contribution in [1.82, 2.24) is 4.98 Å². The van der Waals surface area contributed by atoms with Crippen LogP contribution >= 0.6 is 11.3 Å². The molecule has 0 aliphatic heterocycles. The quantitative estimate of drug-likeness (QED) is 0.819. The number of carboxylic acids is 1. The van der Waals surface area contributed by atoms with Crippen LogP contribution in [-0.4, -0.2) is 28.1 Å². The van der Waals surface area contributed by atoms with Crippen molar-refractivity contribution >= 4 is 22.4 Å². The third-order valence-electron chi connectivity index (χ3n) is 2.00. The van der Waals surface area contributed by atoms with Gasteiger partial charge in [0.15, 0.2) is 10.8 Å². The third kappa shape index (κ3) is 2.74. The number of aromatic carboxylic acids is 1. The minimum absolute atomic E-state index is 0.0614. The molecule has 0 aliphatic carbocycles. The summed E-state index contributed by atoms with van der Waals surface area (Å²) < 4.78 is 0. The van der Waals surface area contributed by atoms with E-state index in [2.05, 4.69) is 10.9 Å². The second-order valence-corrected chi connectivity index (χ2v) is 5.12. The summed E-state index contributed by atoms with van der Waals surface area (Å²) in [4.78, 5) is 16.7. The Hall–Kier alpha value is -1.54. The van der Waals surface area contributed by atoms with Gasteiger partial charge >= 0.3 is 5.97 Å². The minimum atomic E-state index is -1.02. The summed E-state index contributed by atoms with van der Waals surface area (Å²) in [6.07, 6.45) is 5.30. The van der Waals surface area contributed by atoms with E-state index in [4.69, 9.17) is 11.5 Å². The standard InChI is InChI=1S/C11H14N2O2S/c1-5-6-13(11(2,3)4)10-12-8(7-16-10)9(14)15/h1,7H,6H2,2-4H3,(H,14,15). The molecule has 0 aromatic carbocycles. The molecule has 0 atom stereocenters. The molecule has 86 valence electrons. The highest BCUT2D eigenvalue weighted by atomic mass is 32.1. The maximum absolute atomic E-state index is 10.7. The van der Waals surface area contributed by atoms with Crippen molar-refractivity contribution in [2.24, 2.45) is 0 Å². The number of thiazole rings is 1. The molecule has 1 aromatic rings. The number of terminal acetylenes is 1. The van der Waals surface area contributed by atoms with Gasteiger partial charge in [0.05, 0.1) is 6.54 Å². The lowest BCUT2D eigenvalue weighted by atomic mass is 10.1. The summed E-state index contributed by atoms with van der Waals surface area (Å²) in [6, 6.07) is 0. The molecular formula is C11H14N2O2S. The van der Waals surface area contributed by atoms with Crippen LogP contribution in [0.4, 0.5) is 5.13 Å². The van der Waals surface area contributed by atoms with Crippen LogP contribution in [0.25, 0.3) is 0 Å². The smallest absolute Gasteiger partial charge is 0.355 e. The van der Waals surface area contributed by atoms with Crippen molar-refractivity contribution in [3.63, 3.8) is 0 Å². The van der Waals surface area contributed by atoms with Gasteiger partial charge in [-0.25, -0.2) is 9.78 Å². The normalized spacial score (nSPS) is 10.9. The highest BCUT2D eigenvalue weighted by Crippen LogP contribution is 2.26. The van der Waals surface area contributed by atoms with Crippen LogP contribution in [0.1, 0.15) is 31.3 Å². The summed E-state index contributed by atoms with van der Waals surface area (Å²) in [7, 11) is 0. The molecule has 0 amide bonds. The van der Waals surface area contributed by atoms with Crippen molar-refractivity contribution in [2.45, 2.75) is 26.3 Å².